The van der Waals surface area contributed by atoms with E-state index in [1.165, 1.54) is 0 Å². The first-order valence-corrected chi connectivity index (χ1v) is 6.71. The summed E-state index contributed by atoms with van der Waals surface area (Å²) in [6.07, 6.45) is 0. The number of hydrogen-bond acceptors (Lipinski definition) is 4. The van der Waals surface area contributed by atoms with Crippen LogP contribution in [0.5, 0.6) is 6.01 Å². The summed E-state index contributed by atoms with van der Waals surface area (Å²) in [5.41, 5.74) is 3.96. The van der Waals surface area contributed by atoms with Crippen molar-refractivity contribution < 1.29 is 5.11 Å². The molecule has 4 heteroatoms. The zero-order valence-corrected chi connectivity index (χ0v) is 11.9. The predicted molar refractivity (Wildman–Crippen MR) is 81.8 cm³/mol. The molecule has 0 saturated carbocycles. The molecule has 21 heavy (non-hydrogen) atoms. The molecule has 104 valence electrons. The second-order valence-electron chi connectivity index (χ2n) is 5.02. The normalized spacial score (nSPS) is 10.6. The molecular weight excluding hydrogens is 262 g/mol. The van der Waals surface area contributed by atoms with Gasteiger partial charge in [-0.25, -0.2) is 4.98 Å². The molecule has 3 aromatic rings. The fraction of sp³-hybridized carbons (Fsp3) is 0.118. The Hall–Kier alpha value is -2.75. The summed E-state index contributed by atoms with van der Waals surface area (Å²) >= 11 is 0. The Morgan fingerprint density at radius 3 is 1.62 bits per heavy atom. The zero-order chi connectivity index (χ0) is 14.8. The SMILES string of the molecule is Cc1cccc(-c2nc(O)nc(-c3cccc(C)c3)n2)c1. The molecule has 0 aliphatic carbocycles. The van der Waals surface area contributed by atoms with Gasteiger partial charge in [0.25, 0.3) is 0 Å². The van der Waals surface area contributed by atoms with Crippen LogP contribution in [0.15, 0.2) is 48.5 Å². The van der Waals surface area contributed by atoms with E-state index in [-0.39, 0.29) is 6.01 Å². The molecule has 0 aliphatic heterocycles. The van der Waals surface area contributed by atoms with Crippen LogP contribution in [0.1, 0.15) is 11.1 Å². The van der Waals surface area contributed by atoms with Crippen LogP contribution < -0.4 is 0 Å². The highest BCUT2D eigenvalue weighted by atomic mass is 16.3. The summed E-state index contributed by atoms with van der Waals surface area (Å²) in [5, 5.41) is 9.79. The smallest absolute Gasteiger partial charge is 0.318 e. The van der Waals surface area contributed by atoms with Crippen molar-refractivity contribution in [2.45, 2.75) is 13.8 Å². The third-order valence-electron chi connectivity index (χ3n) is 3.18. The van der Waals surface area contributed by atoms with Gasteiger partial charge in [-0.05, 0) is 26.0 Å². The van der Waals surface area contributed by atoms with Crippen LogP contribution in [0.4, 0.5) is 0 Å². The molecule has 0 spiro atoms. The van der Waals surface area contributed by atoms with Crippen LogP contribution in [0.3, 0.4) is 0 Å². The van der Waals surface area contributed by atoms with E-state index in [1.807, 2.05) is 62.4 Å². The Kier molecular flexibility index (Phi) is 3.36. The Morgan fingerprint density at radius 2 is 1.19 bits per heavy atom. The van der Waals surface area contributed by atoms with Crippen molar-refractivity contribution >= 4 is 0 Å². The third kappa shape index (κ3) is 2.89. The molecule has 3 rings (SSSR count). The fourth-order valence-electron chi connectivity index (χ4n) is 2.19. The lowest BCUT2D eigenvalue weighted by Crippen LogP contribution is -1.96. The Balaban J connectivity index is 2.12. The van der Waals surface area contributed by atoms with E-state index >= 15 is 0 Å². The molecule has 4 nitrogen and oxygen atoms in total. The van der Waals surface area contributed by atoms with Crippen LogP contribution in [-0.2, 0) is 0 Å². The largest absolute Gasteiger partial charge is 0.479 e. The van der Waals surface area contributed by atoms with Crippen molar-refractivity contribution in [2.75, 3.05) is 0 Å². The van der Waals surface area contributed by atoms with Crippen molar-refractivity contribution in [1.29, 1.82) is 0 Å². The minimum atomic E-state index is -0.266. The fourth-order valence-corrected chi connectivity index (χ4v) is 2.19. The van der Waals surface area contributed by atoms with Gasteiger partial charge in [-0.15, -0.1) is 0 Å². The van der Waals surface area contributed by atoms with Crippen molar-refractivity contribution in [3.8, 4) is 28.8 Å². The van der Waals surface area contributed by atoms with E-state index in [4.69, 9.17) is 0 Å². The quantitative estimate of drug-likeness (QED) is 0.778. The molecule has 0 bridgehead atoms. The van der Waals surface area contributed by atoms with Crippen LogP contribution in [0.2, 0.25) is 0 Å². The van der Waals surface area contributed by atoms with Gasteiger partial charge >= 0.3 is 6.01 Å². The number of aromatic hydroxyl groups is 1. The number of nitrogens with zero attached hydrogens (tertiary/aromatic N) is 3. The molecule has 1 N–H and O–H groups in total. The van der Waals surface area contributed by atoms with Gasteiger partial charge in [0.1, 0.15) is 0 Å². The second-order valence-corrected chi connectivity index (χ2v) is 5.02. The third-order valence-corrected chi connectivity index (χ3v) is 3.18. The highest BCUT2D eigenvalue weighted by Gasteiger charge is 2.09. The summed E-state index contributed by atoms with van der Waals surface area (Å²) in [4.78, 5) is 12.5. The van der Waals surface area contributed by atoms with Gasteiger partial charge < -0.3 is 5.11 Å². The molecule has 0 radical (unpaired) electrons. The van der Waals surface area contributed by atoms with E-state index in [2.05, 4.69) is 15.0 Å². The molecule has 0 amide bonds. The minimum Gasteiger partial charge on any atom is -0.479 e. The van der Waals surface area contributed by atoms with Crippen LogP contribution in [0, 0.1) is 13.8 Å². The Labute approximate surface area is 123 Å². The second kappa shape index (κ2) is 5.32. The Bertz CT molecular complexity index is 736. The molecule has 0 atom stereocenters. The van der Waals surface area contributed by atoms with Gasteiger partial charge in [0.05, 0.1) is 0 Å². The number of aryl methyl sites for hydroxylation is 2. The van der Waals surface area contributed by atoms with Gasteiger partial charge in [0.15, 0.2) is 11.6 Å². The molecule has 0 fully saturated rings. The lowest BCUT2D eigenvalue weighted by Gasteiger charge is -2.06. The molecule has 1 aromatic heterocycles. The highest BCUT2D eigenvalue weighted by Crippen LogP contribution is 2.23. The number of benzene rings is 2. The summed E-state index contributed by atoms with van der Waals surface area (Å²) < 4.78 is 0. The molecule has 1 heterocycles. The first-order chi connectivity index (χ1) is 10.1. The average Bonchev–Trinajstić information content (AvgIpc) is 2.46. The van der Waals surface area contributed by atoms with Gasteiger partial charge in [0.2, 0.25) is 0 Å². The molecule has 0 unspecified atom stereocenters. The lowest BCUT2D eigenvalue weighted by atomic mass is 10.1. The van der Waals surface area contributed by atoms with Gasteiger partial charge in [-0.2, -0.15) is 9.97 Å². The molecule has 0 aliphatic rings. The molecule has 0 saturated heterocycles. The van der Waals surface area contributed by atoms with E-state index in [0.717, 1.165) is 22.3 Å². The first-order valence-electron chi connectivity index (χ1n) is 6.71. The van der Waals surface area contributed by atoms with E-state index < -0.39 is 0 Å². The van der Waals surface area contributed by atoms with Gasteiger partial charge in [0, 0.05) is 11.1 Å². The van der Waals surface area contributed by atoms with E-state index in [0.29, 0.717) is 11.6 Å². The maximum atomic E-state index is 9.79. The standard InChI is InChI=1S/C17H15N3O/c1-11-5-3-7-13(9-11)15-18-16(20-17(21)19-15)14-8-4-6-12(2)10-14/h3-10H,1-2H3,(H,18,19,20,21). The summed E-state index contributed by atoms with van der Waals surface area (Å²) in [7, 11) is 0. The van der Waals surface area contributed by atoms with Crippen molar-refractivity contribution in [2.24, 2.45) is 0 Å². The zero-order valence-electron chi connectivity index (χ0n) is 11.9. The van der Waals surface area contributed by atoms with Gasteiger partial charge in [-0.3, -0.25) is 0 Å². The monoisotopic (exact) mass is 277 g/mol. The maximum Gasteiger partial charge on any atom is 0.318 e. The molecular formula is C17H15N3O. The number of hydrogen-bond donors (Lipinski definition) is 1. The minimum absolute atomic E-state index is 0.266. The highest BCUT2D eigenvalue weighted by molar-refractivity contribution is 5.62. The first kappa shape index (κ1) is 13.2. The lowest BCUT2D eigenvalue weighted by molar-refractivity contribution is 0.430. The van der Waals surface area contributed by atoms with Crippen molar-refractivity contribution in [3.05, 3.63) is 59.7 Å². The van der Waals surface area contributed by atoms with Crippen molar-refractivity contribution in [3.63, 3.8) is 0 Å². The number of rotatable bonds is 2. The predicted octanol–water partition coefficient (Wildman–Crippen LogP) is 3.53. The van der Waals surface area contributed by atoms with Crippen LogP contribution in [0.25, 0.3) is 22.8 Å². The van der Waals surface area contributed by atoms with Crippen LogP contribution >= 0.6 is 0 Å². The number of aromatic nitrogens is 3. The molecule has 2 aromatic carbocycles. The van der Waals surface area contributed by atoms with E-state index in [9.17, 15) is 5.11 Å². The summed E-state index contributed by atoms with van der Waals surface area (Å²) in [6.45, 7) is 4.01. The maximum absolute atomic E-state index is 9.79. The van der Waals surface area contributed by atoms with Crippen LogP contribution in [-0.4, -0.2) is 20.1 Å². The average molecular weight is 277 g/mol. The van der Waals surface area contributed by atoms with Gasteiger partial charge in [-0.1, -0.05) is 47.5 Å². The van der Waals surface area contributed by atoms with E-state index in [1.54, 1.807) is 0 Å². The Morgan fingerprint density at radius 1 is 0.714 bits per heavy atom. The summed E-state index contributed by atoms with van der Waals surface area (Å²) in [6, 6.07) is 15.4. The summed E-state index contributed by atoms with van der Waals surface area (Å²) in [5.74, 6) is 0.949. The topological polar surface area (TPSA) is 58.9 Å². The van der Waals surface area contributed by atoms with Crippen molar-refractivity contribution in [1.82, 2.24) is 15.0 Å².